The van der Waals surface area contributed by atoms with Crippen molar-refractivity contribution in [2.75, 3.05) is 13.2 Å². The monoisotopic (exact) mass is 213 g/mol. The molecule has 0 aliphatic carbocycles. The Morgan fingerprint density at radius 2 is 2.33 bits per heavy atom. The first-order chi connectivity index (χ1) is 7.09. The lowest BCUT2D eigenvalue weighted by molar-refractivity contribution is 0.000139. The third-order valence-electron chi connectivity index (χ3n) is 2.36. The molecule has 3 N–H and O–H groups in total. The fourth-order valence-electron chi connectivity index (χ4n) is 1.33. The van der Waals surface area contributed by atoms with Gasteiger partial charge in [-0.25, -0.2) is 0 Å². The van der Waals surface area contributed by atoms with Crippen molar-refractivity contribution in [3.05, 3.63) is 24.2 Å². The maximum Gasteiger partial charge on any atom is 0.120 e. The van der Waals surface area contributed by atoms with Gasteiger partial charge in [-0.2, -0.15) is 0 Å². The highest BCUT2D eigenvalue weighted by atomic mass is 16.3. The molecule has 2 atom stereocenters. The Kier molecular flexibility index (Phi) is 4.32. The molecule has 0 spiro atoms. The van der Waals surface area contributed by atoms with Crippen LogP contribution >= 0.6 is 0 Å². The Bertz CT molecular complexity index is 269. The molecule has 0 saturated carbocycles. The van der Waals surface area contributed by atoms with E-state index in [4.69, 9.17) is 9.52 Å². The van der Waals surface area contributed by atoms with Crippen LogP contribution in [0.15, 0.2) is 22.8 Å². The van der Waals surface area contributed by atoms with Crippen molar-refractivity contribution in [3.8, 4) is 0 Å². The van der Waals surface area contributed by atoms with Crippen molar-refractivity contribution in [3.63, 3.8) is 0 Å². The smallest absolute Gasteiger partial charge is 0.120 e. The van der Waals surface area contributed by atoms with Crippen molar-refractivity contribution in [2.24, 2.45) is 0 Å². The van der Waals surface area contributed by atoms with Crippen LogP contribution in [0.1, 0.15) is 32.1 Å². The summed E-state index contributed by atoms with van der Waals surface area (Å²) in [7, 11) is 0. The highest BCUT2D eigenvalue weighted by Gasteiger charge is 2.21. The second-order valence-electron chi connectivity index (χ2n) is 4.01. The summed E-state index contributed by atoms with van der Waals surface area (Å²) >= 11 is 0. The van der Waals surface area contributed by atoms with Gasteiger partial charge in [0.15, 0.2) is 0 Å². The van der Waals surface area contributed by atoms with E-state index in [9.17, 15) is 5.11 Å². The molecular weight excluding hydrogens is 194 g/mol. The third kappa shape index (κ3) is 3.66. The number of hydrogen-bond acceptors (Lipinski definition) is 4. The van der Waals surface area contributed by atoms with Crippen LogP contribution in [0.25, 0.3) is 0 Å². The molecule has 1 rings (SSSR count). The average molecular weight is 213 g/mol. The molecule has 0 saturated heterocycles. The summed E-state index contributed by atoms with van der Waals surface area (Å²) in [5.41, 5.74) is -1.08. The number of aliphatic hydroxyl groups is 2. The molecule has 4 nitrogen and oxygen atoms in total. The number of hydrogen-bond donors (Lipinski definition) is 3. The number of nitrogens with one attached hydrogen (secondary N) is 1. The summed E-state index contributed by atoms with van der Waals surface area (Å²) < 4.78 is 5.28. The van der Waals surface area contributed by atoms with Gasteiger partial charge in [-0.05, 0) is 25.5 Å². The minimum Gasteiger partial charge on any atom is -0.468 e. The summed E-state index contributed by atoms with van der Waals surface area (Å²) in [6.07, 6.45) is 2.50. The van der Waals surface area contributed by atoms with E-state index in [1.54, 1.807) is 13.2 Å². The quantitative estimate of drug-likeness (QED) is 0.661. The van der Waals surface area contributed by atoms with Crippen molar-refractivity contribution in [2.45, 2.75) is 31.9 Å². The molecule has 0 amide bonds. The van der Waals surface area contributed by atoms with Gasteiger partial charge in [0.1, 0.15) is 5.76 Å². The van der Waals surface area contributed by atoms with E-state index < -0.39 is 5.60 Å². The molecule has 15 heavy (non-hydrogen) atoms. The van der Waals surface area contributed by atoms with Crippen molar-refractivity contribution >= 4 is 0 Å². The van der Waals surface area contributed by atoms with E-state index in [0.29, 0.717) is 6.54 Å². The van der Waals surface area contributed by atoms with Crippen LogP contribution in [0.2, 0.25) is 0 Å². The van der Waals surface area contributed by atoms with E-state index in [0.717, 1.165) is 12.2 Å². The van der Waals surface area contributed by atoms with Gasteiger partial charge in [0.2, 0.25) is 0 Å². The van der Waals surface area contributed by atoms with E-state index in [-0.39, 0.29) is 12.6 Å². The Labute approximate surface area is 89.9 Å². The minimum absolute atomic E-state index is 0.0815. The van der Waals surface area contributed by atoms with Gasteiger partial charge >= 0.3 is 0 Å². The second kappa shape index (κ2) is 5.30. The van der Waals surface area contributed by atoms with Gasteiger partial charge in [-0.1, -0.05) is 6.92 Å². The van der Waals surface area contributed by atoms with Crippen LogP contribution in [0.5, 0.6) is 0 Å². The molecule has 0 aliphatic heterocycles. The second-order valence-corrected chi connectivity index (χ2v) is 4.01. The maximum atomic E-state index is 9.62. The third-order valence-corrected chi connectivity index (χ3v) is 2.36. The molecule has 4 heteroatoms. The fraction of sp³-hybridized carbons (Fsp3) is 0.636. The predicted molar refractivity (Wildman–Crippen MR) is 57.5 cm³/mol. The average Bonchev–Trinajstić information content (AvgIpc) is 2.72. The lowest BCUT2D eigenvalue weighted by Crippen LogP contribution is -2.42. The fourth-order valence-corrected chi connectivity index (χ4v) is 1.33. The molecular formula is C11H19NO3. The van der Waals surface area contributed by atoms with E-state index in [1.807, 2.05) is 19.1 Å². The van der Waals surface area contributed by atoms with Crippen LogP contribution in [0.4, 0.5) is 0 Å². The van der Waals surface area contributed by atoms with Crippen LogP contribution in [-0.2, 0) is 0 Å². The largest absolute Gasteiger partial charge is 0.468 e. The van der Waals surface area contributed by atoms with E-state index in [1.165, 1.54) is 0 Å². The summed E-state index contributed by atoms with van der Waals surface area (Å²) in [5, 5.41) is 21.7. The maximum absolute atomic E-state index is 9.62. The van der Waals surface area contributed by atoms with Gasteiger partial charge in [-0.15, -0.1) is 0 Å². The van der Waals surface area contributed by atoms with Crippen molar-refractivity contribution in [1.82, 2.24) is 5.32 Å². The lowest BCUT2D eigenvalue weighted by atomic mass is 10.1. The molecule has 0 aromatic carbocycles. The first kappa shape index (κ1) is 12.2. The highest BCUT2D eigenvalue weighted by molar-refractivity contribution is 5.04. The van der Waals surface area contributed by atoms with Crippen molar-refractivity contribution < 1.29 is 14.6 Å². The van der Waals surface area contributed by atoms with Crippen LogP contribution in [-0.4, -0.2) is 29.0 Å². The van der Waals surface area contributed by atoms with Gasteiger partial charge in [0.25, 0.3) is 0 Å². The first-order valence-corrected chi connectivity index (χ1v) is 5.19. The molecule has 0 fully saturated rings. The minimum atomic E-state index is -1.08. The Hall–Kier alpha value is -0.840. The van der Waals surface area contributed by atoms with Gasteiger partial charge in [0, 0.05) is 6.54 Å². The van der Waals surface area contributed by atoms with Gasteiger partial charge in [0.05, 0.1) is 24.5 Å². The number of furan rings is 1. The standard InChI is InChI=1S/C11H19NO3/c1-3-9(10-5-4-6-15-10)12-7-11(2,14)8-13/h4-6,9,12-14H,3,7-8H2,1-2H3. The van der Waals surface area contributed by atoms with Crippen LogP contribution < -0.4 is 5.32 Å². The first-order valence-electron chi connectivity index (χ1n) is 5.19. The molecule has 2 unspecified atom stereocenters. The summed E-state index contributed by atoms with van der Waals surface area (Å²) in [4.78, 5) is 0. The summed E-state index contributed by atoms with van der Waals surface area (Å²) in [6.45, 7) is 3.71. The van der Waals surface area contributed by atoms with Crippen molar-refractivity contribution in [1.29, 1.82) is 0 Å². The Balaban J connectivity index is 2.49. The molecule has 0 bridgehead atoms. The molecule has 86 valence electrons. The number of rotatable bonds is 6. The van der Waals surface area contributed by atoms with E-state index in [2.05, 4.69) is 5.32 Å². The zero-order valence-electron chi connectivity index (χ0n) is 9.23. The molecule has 0 aliphatic rings. The molecule has 1 heterocycles. The topological polar surface area (TPSA) is 65.6 Å². The van der Waals surface area contributed by atoms with E-state index >= 15 is 0 Å². The zero-order chi connectivity index (χ0) is 11.3. The normalized spacial score (nSPS) is 17.3. The Morgan fingerprint density at radius 1 is 1.60 bits per heavy atom. The molecule has 0 radical (unpaired) electrons. The highest BCUT2D eigenvalue weighted by Crippen LogP contribution is 2.17. The SMILES string of the molecule is CCC(NCC(C)(O)CO)c1ccco1. The lowest BCUT2D eigenvalue weighted by Gasteiger charge is -2.24. The van der Waals surface area contributed by atoms with Gasteiger partial charge in [-0.3, -0.25) is 0 Å². The zero-order valence-corrected chi connectivity index (χ0v) is 9.23. The summed E-state index contributed by atoms with van der Waals surface area (Å²) in [6, 6.07) is 3.82. The number of aliphatic hydroxyl groups excluding tert-OH is 1. The summed E-state index contributed by atoms with van der Waals surface area (Å²) in [5.74, 6) is 0.853. The molecule has 1 aromatic rings. The van der Waals surface area contributed by atoms with Crippen LogP contribution in [0, 0.1) is 0 Å². The van der Waals surface area contributed by atoms with Gasteiger partial charge < -0.3 is 19.9 Å². The van der Waals surface area contributed by atoms with Crippen LogP contribution in [0.3, 0.4) is 0 Å². The molecule has 1 aromatic heterocycles. The Morgan fingerprint density at radius 3 is 2.80 bits per heavy atom. The predicted octanol–water partition coefficient (Wildman–Crippen LogP) is 1.06.